The lowest BCUT2D eigenvalue weighted by molar-refractivity contribution is 0.155. The van der Waals surface area contributed by atoms with Gasteiger partial charge in [0.25, 0.3) is 0 Å². The molecule has 0 bridgehead atoms. The summed E-state index contributed by atoms with van der Waals surface area (Å²) in [5.41, 5.74) is 6.58. The van der Waals surface area contributed by atoms with Crippen molar-refractivity contribution >= 4 is 33.3 Å². The van der Waals surface area contributed by atoms with Crippen molar-refractivity contribution in [3.8, 4) is 0 Å². The van der Waals surface area contributed by atoms with Gasteiger partial charge >= 0.3 is 0 Å². The third-order valence-corrected chi connectivity index (χ3v) is 6.40. The Hall–Kier alpha value is -1.21. The fourth-order valence-electron chi connectivity index (χ4n) is 2.97. The molecule has 2 N–H and O–H groups in total. The highest BCUT2D eigenvalue weighted by molar-refractivity contribution is 7.89. The predicted molar refractivity (Wildman–Crippen MR) is 94.1 cm³/mol. The zero-order valence-corrected chi connectivity index (χ0v) is 14.9. The van der Waals surface area contributed by atoms with E-state index in [1.54, 1.807) is 34.8 Å². The summed E-state index contributed by atoms with van der Waals surface area (Å²) in [6.45, 7) is 4.94. The first-order chi connectivity index (χ1) is 10.3. The van der Waals surface area contributed by atoms with E-state index in [0.29, 0.717) is 35.3 Å². The Kier molecular flexibility index (Phi) is 5.01. The highest BCUT2D eigenvalue weighted by atomic mass is 35.5. The summed E-state index contributed by atoms with van der Waals surface area (Å²) in [5.74, 6) is 0. The van der Waals surface area contributed by atoms with E-state index < -0.39 is 10.0 Å². The van der Waals surface area contributed by atoms with E-state index in [0.717, 1.165) is 0 Å². The van der Waals surface area contributed by atoms with E-state index in [2.05, 4.69) is 4.98 Å². The van der Waals surface area contributed by atoms with Crippen LogP contribution in [0.15, 0.2) is 41.4 Å². The van der Waals surface area contributed by atoms with Crippen LogP contribution < -0.4 is 5.73 Å². The summed E-state index contributed by atoms with van der Waals surface area (Å²) in [6.07, 6.45) is 2.34. The van der Waals surface area contributed by atoms with Crippen LogP contribution >= 0.6 is 12.4 Å². The largest absolute Gasteiger partial charge is 0.327 e. The molecule has 1 aliphatic heterocycles. The number of hydrogen-bond donors (Lipinski definition) is 1. The number of sulfonamides is 1. The highest BCUT2D eigenvalue weighted by Gasteiger charge is 2.39. The molecule has 3 rings (SSSR count). The molecule has 5 nitrogen and oxygen atoms in total. The normalized spacial score (nSPS) is 21.8. The molecule has 2 aromatic rings. The van der Waals surface area contributed by atoms with Crippen molar-refractivity contribution in [3.63, 3.8) is 0 Å². The number of benzene rings is 1. The van der Waals surface area contributed by atoms with Crippen molar-refractivity contribution in [1.29, 1.82) is 0 Å². The van der Waals surface area contributed by atoms with E-state index in [4.69, 9.17) is 5.73 Å². The number of piperidine rings is 1. The smallest absolute Gasteiger partial charge is 0.243 e. The summed E-state index contributed by atoms with van der Waals surface area (Å²) in [5, 5.41) is 0.665. The van der Waals surface area contributed by atoms with Gasteiger partial charge in [-0.2, -0.15) is 4.31 Å². The Morgan fingerprint density at radius 2 is 2.00 bits per heavy atom. The number of pyridine rings is 1. The maximum atomic E-state index is 13.1. The zero-order valence-electron chi connectivity index (χ0n) is 13.3. The van der Waals surface area contributed by atoms with Gasteiger partial charge in [0.05, 0.1) is 10.4 Å². The van der Waals surface area contributed by atoms with Crippen molar-refractivity contribution < 1.29 is 8.42 Å². The molecule has 1 aliphatic rings. The van der Waals surface area contributed by atoms with Crippen LogP contribution in [0, 0.1) is 5.41 Å². The van der Waals surface area contributed by atoms with Gasteiger partial charge in [0, 0.05) is 30.7 Å². The van der Waals surface area contributed by atoms with E-state index in [9.17, 15) is 8.42 Å². The standard InChI is InChI=1S/C16H21N3O2S.ClH/c1-16(2)11-19(10-8-15(16)17)22(20,21)14-7-3-6-13-12(14)5-4-9-18-13;/h3-7,9,15H,8,10-11,17H2,1-2H3;1H. The van der Waals surface area contributed by atoms with Crippen LogP contribution in [0.1, 0.15) is 20.3 Å². The molecule has 126 valence electrons. The van der Waals surface area contributed by atoms with Crippen LogP contribution in [0.2, 0.25) is 0 Å². The van der Waals surface area contributed by atoms with Gasteiger partial charge in [-0.15, -0.1) is 12.4 Å². The molecule has 0 radical (unpaired) electrons. The minimum Gasteiger partial charge on any atom is -0.327 e. The summed E-state index contributed by atoms with van der Waals surface area (Å²) in [6, 6.07) is 8.80. The molecule has 23 heavy (non-hydrogen) atoms. The lowest BCUT2D eigenvalue weighted by atomic mass is 9.81. The van der Waals surface area contributed by atoms with Crippen LogP contribution in [0.4, 0.5) is 0 Å². The first kappa shape index (κ1) is 18.1. The van der Waals surface area contributed by atoms with Gasteiger partial charge in [-0.05, 0) is 36.1 Å². The number of rotatable bonds is 2. The third kappa shape index (κ3) is 3.21. The predicted octanol–water partition coefficient (Wildman–Crippen LogP) is 2.40. The quantitative estimate of drug-likeness (QED) is 0.897. The molecule has 2 heterocycles. The first-order valence-corrected chi connectivity index (χ1v) is 8.86. The van der Waals surface area contributed by atoms with Crippen LogP contribution in [-0.4, -0.2) is 36.8 Å². The Bertz CT molecular complexity index is 803. The molecule has 0 amide bonds. The fourth-order valence-corrected chi connectivity index (χ4v) is 4.80. The van der Waals surface area contributed by atoms with Gasteiger partial charge < -0.3 is 5.73 Å². The Balaban J connectivity index is 0.00000192. The van der Waals surface area contributed by atoms with E-state index in [1.165, 1.54) is 0 Å². The SMILES string of the molecule is CC1(C)CN(S(=O)(=O)c2cccc3ncccc23)CCC1N.Cl. The Labute approximate surface area is 143 Å². The number of fused-ring (bicyclic) bond motifs is 1. The fraction of sp³-hybridized carbons (Fsp3) is 0.438. The minimum absolute atomic E-state index is 0. The second-order valence-electron chi connectivity index (χ2n) is 6.55. The van der Waals surface area contributed by atoms with Gasteiger partial charge in [-0.3, -0.25) is 4.98 Å². The van der Waals surface area contributed by atoms with Gasteiger partial charge in [0.1, 0.15) is 0 Å². The van der Waals surface area contributed by atoms with Crippen molar-refractivity contribution in [1.82, 2.24) is 9.29 Å². The van der Waals surface area contributed by atoms with Crippen molar-refractivity contribution in [2.45, 2.75) is 31.2 Å². The summed E-state index contributed by atoms with van der Waals surface area (Å²) >= 11 is 0. The topological polar surface area (TPSA) is 76.3 Å². The first-order valence-electron chi connectivity index (χ1n) is 7.42. The van der Waals surface area contributed by atoms with Gasteiger partial charge in [0.2, 0.25) is 10.0 Å². The molecule has 1 unspecified atom stereocenters. The van der Waals surface area contributed by atoms with Crippen LogP contribution in [0.5, 0.6) is 0 Å². The number of nitrogens with two attached hydrogens (primary N) is 1. The number of aromatic nitrogens is 1. The number of halogens is 1. The molecule has 1 saturated heterocycles. The molecule has 0 aliphatic carbocycles. The van der Waals surface area contributed by atoms with Crippen LogP contribution in [-0.2, 0) is 10.0 Å². The van der Waals surface area contributed by atoms with Gasteiger partial charge in [-0.25, -0.2) is 8.42 Å². The third-order valence-electron chi connectivity index (χ3n) is 4.50. The van der Waals surface area contributed by atoms with Crippen LogP contribution in [0.25, 0.3) is 10.9 Å². The van der Waals surface area contributed by atoms with Crippen LogP contribution in [0.3, 0.4) is 0 Å². The van der Waals surface area contributed by atoms with Crippen molar-refractivity contribution in [2.75, 3.05) is 13.1 Å². The maximum Gasteiger partial charge on any atom is 0.243 e. The molecule has 1 fully saturated rings. The molecule has 7 heteroatoms. The summed E-state index contributed by atoms with van der Waals surface area (Å²) in [7, 11) is -3.55. The lowest BCUT2D eigenvalue weighted by Gasteiger charge is -2.41. The summed E-state index contributed by atoms with van der Waals surface area (Å²) < 4.78 is 27.7. The summed E-state index contributed by atoms with van der Waals surface area (Å²) in [4.78, 5) is 4.56. The second-order valence-corrected chi connectivity index (χ2v) is 8.45. The molecule has 0 spiro atoms. The molecule has 1 atom stereocenters. The average Bonchev–Trinajstić information content (AvgIpc) is 2.49. The monoisotopic (exact) mass is 355 g/mol. The van der Waals surface area contributed by atoms with Gasteiger partial charge in [0.15, 0.2) is 0 Å². The molecular formula is C16H22ClN3O2S. The second kappa shape index (κ2) is 6.36. The Morgan fingerprint density at radius 3 is 2.70 bits per heavy atom. The van der Waals surface area contributed by atoms with E-state index in [-0.39, 0.29) is 23.9 Å². The van der Waals surface area contributed by atoms with Crippen molar-refractivity contribution in [2.24, 2.45) is 11.1 Å². The maximum absolute atomic E-state index is 13.1. The van der Waals surface area contributed by atoms with E-state index in [1.807, 2.05) is 19.9 Å². The number of nitrogens with zero attached hydrogens (tertiary/aromatic N) is 2. The molecular weight excluding hydrogens is 334 g/mol. The number of hydrogen-bond acceptors (Lipinski definition) is 4. The average molecular weight is 356 g/mol. The lowest BCUT2D eigenvalue weighted by Crippen LogP contribution is -2.53. The highest BCUT2D eigenvalue weighted by Crippen LogP contribution is 2.32. The molecule has 1 aromatic carbocycles. The van der Waals surface area contributed by atoms with Crippen molar-refractivity contribution in [3.05, 3.63) is 36.5 Å². The molecule has 1 aromatic heterocycles. The zero-order chi connectivity index (χ0) is 16.0. The minimum atomic E-state index is -3.55. The molecule has 0 saturated carbocycles. The Morgan fingerprint density at radius 1 is 1.26 bits per heavy atom. The van der Waals surface area contributed by atoms with Gasteiger partial charge in [-0.1, -0.05) is 19.9 Å². The van der Waals surface area contributed by atoms with E-state index >= 15 is 0 Å².